The van der Waals surface area contributed by atoms with Crippen molar-refractivity contribution in [2.75, 3.05) is 6.54 Å². The predicted octanol–water partition coefficient (Wildman–Crippen LogP) is 4.23. The third-order valence-electron chi connectivity index (χ3n) is 3.22. The molecule has 3 heteroatoms. The maximum absolute atomic E-state index is 13.7. The molecule has 0 saturated carbocycles. The maximum Gasteiger partial charge on any atom is 0.162 e. The van der Waals surface area contributed by atoms with Crippen molar-refractivity contribution in [3.8, 4) is 0 Å². The van der Waals surface area contributed by atoms with Gasteiger partial charge >= 0.3 is 0 Å². The van der Waals surface area contributed by atoms with E-state index in [1.54, 1.807) is 12.1 Å². The monoisotopic (exact) mass is 267 g/mol. The minimum Gasteiger partial charge on any atom is -0.313 e. The van der Waals surface area contributed by atoms with E-state index in [9.17, 15) is 8.78 Å². The minimum absolute atomic E-state index is 0.115. The fourth-order valence-corrected chi connectivity index (χ4v) is 2.03. The summed E-state index contributed by atoms with van der Waals surface area (Å²) in [5, 5.41) is 3.38. The van der Waals surface area contributed by atoms with Gasteiger partial charge in [-0.05, 0) is 43.9 Å². The summed E-state index contributed by atoms with van der Waals surface area (Å²) in [4.78, 5) is 0. The second kappa shape index (κ2) is 8.05. The van der Waals surface area contributed by atoms with Crippen LogP contribution in [0.3, 0.4) is 0 Å². The highest BCUT2D eigenvalue weighted by molar-refractivity contribution is 5.20. The van der Waals surface area contributed by atoms with Crippen LogP contribution in [0.5, 0.6) is 0 Å². The zero-order chi connectivity index (χ0) is 14.3. The SMILES string of the molecule is C=C(CC)CC(Cc1cccc(F)c1F)NCCC. The number of halogens is 2. The van der Waals surface area contributed by atoms with Gasteiger partial charge < -0.3 is 5.32 Å². The highest BCUT2D eigenvalue weighted by Gasteiger charge is 2.14. The molecular weight excluding hydrogens is 244 g/mol. The van der Waals surface area contributed by atoms with E-state index in [4.69, 9.17) is 0 Å². The van der Waals surface area contributed by atoms with E-state index < -0.39 is 11.6 Å². The standard InChI is InChI=1S/C16H23F2N/c1-4-9-19-14(10-12(3)5-2)11-13-7-6-8-15(17)16(13)18/h6-8,14,19H,3-5,9-11H2,1-2H3. The smallest absolute Gasteiger partial charge is 0.162 e. The molecule has 0 aliphatic rings. The highest BCUT2D eigenvalue weighted by atomic mass is 19.2. The fraction of sp³-hybridized carbons (Fsp3) is 0.500. The Kier molecular flexibility index (Phi) is 6.71. The van der Waals surface area contributed by atoms with Crippen molar-refractivity contribution in [2.45, 2.75) is 45.6 Å². The van der Waals surface area contributed by atoms with Gasteiger partial charge in [0.25, 0.3) is 0 Å². The van der Waals surface area contributed by atoms with Crippen molar-refractivity contribution in [3.63, 3.8) is 0 Å². The van der Waals surface area contributed by atoms with E-state index in [1.807, 2.05) is 0 Å². The summed E-state index contributed by atoms with van der Waals surface area (Å²) in [6.07, 6.45) is 3.21. The molecule has 1 N–H and O–H groups in total. The van der Waals surface area contributed by atoms with Gasteiger partial charge in [0.2, 0.25) is 0 Å². The van der Waals surface area contributed by atoms with Crippen LogP contribution < -0.4 is 5.32 Å². The summed E-state index contributed by atoms with van der Waals surface area (Å²) in [7, 11) is 0. The zero-order valence-corrected chi connectivity index (χ0v) is 11.8. The van der Waals surface area contributed by atoms with Crippen LogP contribution in [-0.4, -0.2) is 12.6 Å². The molecule has 106 valence electrons. The van der Waals surface area contributed by atoms with Crippen molar-refractivity contribution < 1.29 is 8.78 Å². The summed E-state index contributed by atoms with van der Waals surface area (Å²) >= 11 is 0. The summed E-state index contributed by atoms with van der Waals surface area (Å²) < 4.78 is 26.9. The first kappa shape index (κ1) is 15.8. The van der Waals surface area contributed by atoms with E-state index in [2.05, 4.69) is 25.7 Å². The molecule has 0 radical (unpaired) electrons. The van der Waals surface area contributed by atoms with Crippen molar-refractivity contribution in [3.05, 3.63) is 47.5 Å². The Morgan fingerprint density at radius 1 is 1.32 bits per heavy atom. The average Bonchev–Trinajstić information content (AvgIpc) is 2.41. The fourth-order valence-electron chi connectivity index (χ4n) is 2.03. The van der Waals surface area contributed by atoms with Crippen molar-refractivity contribution in [1.29, 1.82) is 0 Å². The topological polar surface area (TPSA) is 12.0 Å². The Morgan fingerprint density at radius 2 is 2.05 bits per heavy atom. The first-order chi connectivity index (χ1) is 9.08. The largest absolute Gasteiger partial charge is 0.313 e. The Bertz CT molecular complexity index is 415. The van der Waals surface area contributed by atoms with Crippen LogP contribution in [0.4, 0.5) is 8.78 Å². The van der Waals surface area contributed by atoms with Gasteiger partial charge in [0.05, 0.1) is 0 Å². The second-order valence-corrected chi connectivity index (χ2v) is 4.88. The molecule has 0 heterocycles. The molecule has 0 aromatic heterocycles. The Hall–Kier alpha value is -1.22. The molecule has 1 rings (SSSR count). The molecule has 19 heavy (non-hydrogen) atoms. The van der Waals surface area contributed by atoms with Crippen LogP contribution in [0.15, 0.2) is 30.4 Å². The molecule has 0 bridgehead atoms. The Morgan fingerprint density at radius 3 is 2.68 bits per heavy atom. The summed E-state index contributed by atoms with van der Waals surface area (Å²) in [6, 6.07) is 4.47. The summed E-state index contributed by atoms with van der Waals surface area (Å²) in [5.74, 6) is -1.51. The van der Waals surface area contributed by atoms with Crippen molar-refractivity contribution in [2.24, 2.45) is 0 Å². The molecule has 0 aliphatic carbocycles. The average molecular weight is 267 g/mol. The second-order valence-electron chi connectivity index (χ2n) is 4.88. The van der Waals surface area contributed by atoms with Gasteiger partial charge in [-0.2, -0.15) is 0 Å². The molecule has 0 spiro atoms. The molecule has 1 nitrogen and oxygen atoms in total. The van der Waals surface area contributed by atoms with Gasteiger partial charge in [-0.15, -0.1) is 0 Å². The Labute approximate surface area is 114 Å². The summed E-state index contributed by atoms with van der Waals surface area (Å²) in [5.41, 5.74) is 1.56. The molecular formula is C16H23F2N. The zero-order valence-electron chi connectivity index (χ0n) is 11.8. The number of rotatable bonds is 8. The number of nitrogens with one attached hydrogen (secondary N) is 1. The van der Waals surface area contributed by atoms with Gasteiger partial charge in [0.1, 0.15) is 0 Å². The first-order valence-corrected chi connectivity index (χ1v) is 6.91. The van der Waals surface area contributed by atoms with Gasteiger partial charge in [-0.25, -0.2) is 8.78 Å². The molecule has 0 saturated heterocycles. The highest BCUT2D eigenvalue weighted by Crippen LogP contribution is 2.17. The Balaban J connectivity index is 2.75. The van der Waals surface area contributed by atoms with Crippen LogP contribution >= 0.6 is 0 Å². The minimum atomic E-state index is -0.777. The van der Waals surface area contributed by atoms with E-state index in [-0.39, 0.29) is 6.04 Å². The normalized spacial score (nSPS) is 12.4. The number of benzene rings is 1. The number of hydrogen-bond donors (Lipinski definition) is 1. The lowest BCUT2D eigenvalue weighted by Crippen LogP contribution is -2.32. The van der Waals surface area contributed by atoms with E-state index in [0.717, 1.165) is 37.4 Å². The third kappa shape index (κ3) is 5.11. The lowest BCUT2D eigenvalue weighted by atomic mass is 9.98. The van der Waals surface area contributed by atoms with Gasteiger partial charge in [0, 0.05) is 6.04 Å². The van der Waals surface area contributed by atoms with Crippen LogP contribution in [0.2, 0.25) is 0 Å². The molecule has 1 unspecified atom stereocenters. The van der Waals surface area contributed by atoms with Crippen LogP contribution in [0.1, 0.15) is 38.7 Å². The number of hydrogen-bond acceptors (Lipinski definition) is 1. The van der Waals surface area contributed by atoms with E-state index in [0.29, 0.717) is 12.0 Å². The predicted molar refractivity (Wildman–Crippen MR) is 76.2 cm³/mol. The molecule has 1 aromatic rings. The van der Waals surface area contributed by atoms with Gasteiger partial charge in [0.15, 0.2) is 11.6 Å². The lowest BCUT2D eigenvalue weighted by Gasteiger charge is -2.20. The quantitative estimate of drug-likeness (QED) is 0.695. The van der Waals surface area contributed by atoms with Gasteiger partial charge in [-0.1, -0.05) is 38.1 Å². The molecule has 0 amide bonds. The van der Waals surface area contributed by atoms with E-state index >= 15 is 0 Å². The molecule has 1 aromatic carbocycles. The molecule has 0 aliphatic heterocycles. The van der Waals surface area contributed by atoms with Crippen LogP contribution in [0.25, 0.3) is 0 Å². The first-order valence-electron chi connectivity index (χ1n) is 6.91. The molecule has 0 fully saturated rings. The third-order valence-corrected chi connectivity index (χ3v) is 3.22. The summed E-state index contributed by atoms with van der Waals surface area (Å²) in [6.45, 7) is 9.01. The maximum atomic E-state index is 13.7. The van der Waals surface area contributed by atoms with Crippen LogP contribution in [0, 0.1) is 11.6 Å². The molecule has 1 atom stereocenters. The van der Waals surface area contributed by atoms with Crippen molar-refractivity contribution in [1.82, 2.24) is 5.32 Å². The van der Waals surface area contributed by atoms with Gasteiger partial charge in [-0.3, -0.25) is 0 Å². The van der Waals surface area contributed by atoms with Crippen molar-refractivity contribution >= 4 is 0 Å². The lowest BCUT2D eigenvalue weighted by molar-refractivity contribution is 0.466. The van der Waals surface area contributed by atoms with E-state index in [1.165, 1.54) is 0 Å². The van der Waals surface area contributed by atoms with Crippen LogP contribution in [-0.2, 0) is 6.42 Å².